The molecule has 55 heavy (non-hydrogen) atoms. The Bertz CT molecular complexity index is 1390. The highest BCUT2D eigenvalue weighted by Crippen LogP contribution is 2.11. The summed E-state index contributed by atoms with van der Waals surface area (Å²) in [4.78, 5) is 123. The Labute approximate surface area is 317 Å². The maximum atomic E-state index is 13.4. The predicted octanol–water partition coefficient (Wildman–Crippen LogP) is -3.59. The molecule has 0 fully saturated rings. The van der Waals surface area contributed by atoms with Gasteiger partial charge in [0.25, 0.3) is 0 Å². The molecule has 0 aliphatic carbocycles. The van der Waals surface area contributed by atoms with E-state index in [1.54, 1.807) is 27.7 Å². The van der Waals surface area contributed by atoms with Crippen LogP contribution in [-0.4, -0.2) is 129 Å². The van der Waals surface area contributed by atoms with Gasteiger partial charge in [-0.3, -0.25) is 43.2 Å². The summed E-state index contributed by atoms with van der Waals surface area (Å²) in [6.45, 7) is 7.07. The lowest BCUT2D eigenvalue weighted by atomic mass is 9.97. The van der Waals surface area contributed by atoms with E-state index in [9.17, 15) is 58.2 Å². The number of nitrogens with one attached hydrogen (secondary N) is 6. The smallest absolute Gasteiger partial charge is 0.326 e. The zero-order chi connectivity index (χ0) is 42.6. The van der Waals surface area contributed by atoms with Gasteiger partial charge < -0.3 is 63.8 Å². The van der Waals surface area contributed by atoms with Gasteiger partial charge in [0.1, 0.15) is 36.3 Å². The van der Waals surface area contributed by atoms with Gasteiger partial charge in [0, 0.05) is 19.3 Å². The minimum Gasteiger partial charge on any atom is -0.481 e. The topological polar surface area (TPSA) is 376 Å². The fraction of sp³-hybridized carbons (Fsp3) is 0.697. The van der Waals surface area contributed by atoms with Gasteiger partial charge in [-0.15, -0.1) is 0 Å². The van der Waals surface area contributed by atoms with E-state index < -0.39 is 140 Å². The van der Waals surface area contributed by atoms with Gasteiger partial charge >= 0.3 is 17.9 Å². The molecule has 0 bridgehead atoms. The van der Waals surface area contributed by atoms with Gasteiger partial charge in [-0.05, 0) is 44.4 Å². The van der Waals surface area contributed by atoms with E-state index >= 15 is 0 Å². The van der Waals surface area contributed by atoms with Crippen LogP contribution in [0.4, 0.5) is 0 Å². The third kappa shape index (κ3) is 19.5. The van der Waals surface area contributed by atoms with Crippen molar-refractivity contribution >= 4 is 59.3 Å². The second-order valence-corrected chi connectivity index (χ2v) is 13.5. The summed E-state index contributed by atoms with van der Waals surface area (Å²) in [5.41, 5.74) is 11.0. The SMILES string of the molecule is CC[C@H](C)[C@H](NC(=O)[C@@H](N)CCC(=O)O)C(=O)N[C@@H](CO)C(=O)N[C@@H](C)C(=O)N[C@@H](CC(C)C)C(=O)N[C@@H](CCC(N)=O)C(=O)N[C@@H](CCC(=O)O)C(=O)O. The summed E-state index contributed by atoms with van der Waals surface area (Å²) in [5.74, 6) is -11.2. The number of hydrogen-bond acceptors (Lipinski definition) is 12. The van der Waals surface area contributed by atoms with Crippen LogP contribution in [0.5, 0.6) is 0 Å². The first-order chi connectivity index (χ1) is 25.5. The van der Waals surface area contributed by atoms with Crippen molar-refractivity contribution in [1.82, 2.24) is 31.9 Å². The van der Waals surface area contributed by atoms with Crippen LogP contribution in [0, 0.1) is 11.8 Å². The van der Waals surface area contributed by atoms with Crippen LogP contribution < -0.4 is 43.4 Å². The molecule has 22 heteroatoms. The molecular weight excluding hydrogens is 732 g/mol. The first-order valence-corrected chi connectivity index (χ1v) is 17.7. The highest BCUT2D eigenvalue weighted by molar-refractivity contribution is 5.97. The quantitative estimate of drug-likeness (QED) is 0.0383. The number of rotatable bonds is 27. The maximum Gasteiger partial charge on any atom is 0.326 e. The molecule has 0 heterocycles. The predicted molar refractivity (Wildman–Crippen MR) is 191 cm³/mol. The van der Waals surface area contributed by atoms with Crippen LogP contribution in [-0.2, 0) is 47.9 Å². The number of carbonyl (C=O) groups is 10. The van der Waals surface area contributed by atoms with Crippen molar-refractivity contribution in [2.24, 2.45) is 23.3 Å². The van der Waals surface area contributed by atoms with Crippen molar-refractivity contribution in [1.29, 1.82) is 0 Å². The lowest BCUT2D eigenvalue weighted by Crippen LogP contribution is -2.60. The molecule has 0 aromatic heterocycles. The maximum absolute atomic E-state index is 13.4. The molecule has 0 aliphatic rings. The molecule has 0 saturated heterocycles. The fourth-order valence-electron chi connectivity index (χ4n) is 4.83. The monoisotopic (exact) mass is 788 g/mol. The highest BCUT2D eigenvalue weighted by Gasteiger charge is 2.34. The van der Waals surface area contributed by atoms with Crippen LogP contribution in [0.2, 0.25) is 0 Å². The van der Waals surface area contributed by atoms with Crippen LogP contribution in [0.1, 0.15) is 86.0 Å². The van der Waals surface area contributed by atoms with Crippen LogP contribution in [0.15, 0.2) is 0 Å². The molecule has 0 saturated carbocycles. The molecule has 312 valence electrons. The number of nitrogens with two attached hydrogens (primary N) is 2. The average molecular weight is 789 g/mol. The van der Waals surface area contributed by atoms with E-state index in [-0.39, 0.29) is 25.2 Å². The lowest BCUT2D eigenvalue weighted by Gasteiger charge is -2.28. The van der Waals surface area contributed by atoms with Crippen molar-refractivity contribution in [3.8, 4) is 0 Å². The molecule has 0 rings (SSSR count). The van der Waals surface area contributed by atoms with Crippen LogP contribution >= 0.6 is 0 Å². The number of aliphatic carboxylic acids is 3. The van der Waals surface area contributed by atoms with Crippen molar-refractivity contribution in [3.05, 3.63) is 0 Å². The number of amides is 7. The molecule has 14 N–H and O–H groups in total. The second-order valence-electron chi connectivity index (χ2n) is 13.5. The van der Waals surface area contributed by atoms with Crippen molar-refractivity contribution < 1.29 is 68.4 Å². The zero-order valence-corrected chi connectivity index (χ0v) is 31.6. The normalized spacial score (nSPS) is 15.3. The Morgan fingerprint density at radius 3 is 1.53 bits per heavy atom. The van der Waals surface area contributed by atoms with E-state index in [1.165, 1.54) is 6.92 Å². The van der Waals surface area contributed by atoms with Crippen LogP contribution in [0.3, 0.4) is 0 Å². The Morgan fingerprint density at radius 2 is 1.04 bits per heavy atom. The summed E-state index contributed by atoms with van der Waals surface area (Å²) in [6, 6.07) is -9.99. The summed E-state index contributed by atoms with van der Waals surface area (Å²) < 4.78 is 0. The third-order valence-electron chi connectivity index (χ3n) is 8.28. The Balaban J connectivity index is 5.85. The van der Waals surface area contributed by atoms with Crippen molar-refractivity contribution in [2.75, 3.05) is 6.61 Å². The highest BCUT2D eigenvalue weighted by atomic mass is 16.4. The molecule has 0 aromatic carbocycles. The van der Waals surface area contributed by atoms with Crippen molar-refractivity contribution in [2.45, 2.75) is 128 Å². The largest absolute Gasteiger partial charge is 0.481 e. The molecule has 0 aromatic rings. The molecule has 8 atom stereocenters. The molecular formula is C33H56N8O14. The van der Waals surface area contributed by atoms with E-state index in [1.807, 2.05) is 0 Å². The van der Waals surface area contributed by atoms with Gasteiger partial charge in [-0.25, -0.2) is 4.79 Å². The number of aliphatic hydroxyl groups is 1. The lowest BCUT2D eigenvalue weighted by molar-refractivity contribution is -0.143. The Hall–Kier alpha value is -5.38. The molecule has 22 nitrogen and oxygen atoms in total. The molecule has 0 radical (unpaired) electrons. The number of primary amides is 1. The van der Waals surface area contributed by atoms with Crippen LogP contribution in [0.25, 0.3) is 0 Å². The first kappa shape index (κ1) is 49.6. The van der Waals surface area contributed by atoms with Crippen molar-refractivity contribution in [3.63, 3.8) is 0 Å². The van der Waals surface area contributed by atoms with Gasteiger partial charge in [0.2, 0.25) is 41.4 Å². The number of carboxylic acids is 3. The standard InChI is InChI=1S/C33H56N8O14/c1-6-16(4)26(41-28(49)18(34)7-11-24(44)45)32(53)40-22(14-42)31(52)36-17(5)27(48)39-21(13-15(2)3)30(51)37-19(8-10-23(35)43)29(50)38-20(33(54)55)9-12-25(46)47/h15-22,26,42H,6-14,34H2,1-5H3,(H2,35,43)(H,36,52)(H,37,51)(H,38,50)(H,39,48)(H,40,53)(H,41,49)(H,44,45)(H,46,47)(H,54,55)/t16-,17-,18-,19-,20-,21-,22-,26-/m0/s1. The zero-order valence-electron chi connectivity index (χ0n) is 31.6. The number of carboxylic acid groups (broad SMARTS) is 3. The minimum absolute atomic E-state index is 0.00320. The molecule has 0 spiro atoms. The summed E-state index contributed by atoms with van der Waals surface area (Å²) in [5, 5.41) is 51.1. The number of hydrogen-bond donors (Lipinski definition) is 12. The number of aliphatic hydroxyl groups excluding tert-OH is 1. The molecule has 0 unspecified atom stereocenters. The Kier molecular flexibility index (Phi) is 22.4. The molecule has 0 aliphatic heterocycles. The van der Waals surface area contributed by atoms with Gasteiger partial charge in [0.05, 0.1) is 12.6 Å². The number of carbonyl (C=O) groups excluding carboxylic acids is 7. The Morgan fingerprint density at radius 1 is 0.564 bits per heavy atom. The first-order valence-electron chi connectivity index (χ1n) is 17.7. The molecule has 7 amide bonds. The minimum atomic E-state index is -1.65. The van der Waals surface area contributed by atoms with E-state index in [0.717, 1.165) is 0 Å². The van der Waals surface area contributed by atoms with E-state index in [4.69, 9.17) is 21.7 Å². The third-order valence-corrected chi connectivity index (χ3v) is 8.28. The second kappa shape index (κ2) is 24.8. The summed E-state index contributed by atoms with van der Waals surface area (Å²) in [6.07, 6.45) is -2.08. The van der Waals surface area contributed by atoms with E-state index in [0.29, 0.717) is 6.42 Å². The summed E-state index contributed by atoms with van der Waals surface area (Å²) >= 11 is 0. The fourth-order valence-corrected chi connectivity index (χ4v) is 4.83. The van der Waals surface area contributed by atoms with Gasteiger partial charge in [-0.1, -0.05) is 34.1 Å². The summed E-state index contributed by atoms with van der Waals surface area (Å²) in [7, 11) is 0. The van der Waals surface area contributed by atoms with Gasteiger partial charge in [0.15, 0.2) is 0 Å². The van der Waals surface area contributed by atoms with E-state index in [2.05, 4.69) is 31.9 Å². The van der Waals surface area contributed by atoms with Gasteiger partial charge in [-0.2, -0.15) is 0 Å². The average Bonchev–Trinajstić information content (AvgIpc) is 3.09.